The minimum atomic E-state index is 0.369. The second-order valence-electron chi connectivity index (χ2n) is 5.62. The van der Waals surface area contributed by atoms with Gasteiger partial charge < -0.3 is 10.1 Å². The van der Waals surface area contributed by atoms with Crippen LogP contribution in [0.1, 0.15) is 38.6 Å². The quantitative estimate of drug-likeness (QED) is 0.878. The first-order valence-corrected chi connectivity index (χ1v) is 8.01. The first-order chi connectivity index (χ1) is 9.60. The fourth-order valence-electron chi connectivity index (χ4n) is 3.06. The Hall–Kier alpha value is -0.580. The molecule has 3 atom stereocenters. The highest BCUT2D eigenvalue weighted by atomic mass is 35.5. The lowest BCUT2D eigenvalue weighted by Crippen LogP contribution is -2.36. The van der Waals surface area contributed by atoms with Gasteiger partial charge in [0.25, 0.3) is 0 Å². The molecule has 0 radical (unpaired) electrons. The SMILES string of the molecule is CCc1nn(CC)c(CC(NC)C2COC(C)C2)c1Cl. The standard InChI is InChI=1S/C15H26ClN3O/c1-5-12-15(16)14(19(6-2)18-12)8-13(17-4)11-7-10(3)20-9-11/h10-11,13,17H,5-9H2,1-4H3. The van der Waals surface area contributed by atoms with Crippen molar-refractivity contribution in [2.75, 3.05) is 13.7 Å². The Morgan fingerprint density at radius 3 is 2.75 bits per heavy atom. The highest BCUT2D eigenvalue weighted by Gasteiger charge is 2.30. The highest BCUT2D eigenvalue weighted by Crippen LogP contribution is 2.28. The number of aromatic nitrogens is 2. The predicted octanol–water partition coefficient (Wildman–Crippen LogP) is 2.67. The van der Waals surface area contributed by atoms with Crippen LogP contribution < -0.4 is 5.32 Å². The maximum atomic E-state index is 6.50. The van der Waals surface area contributed by atoms with Crippen molar-refractivity contribution >= 4 is 11.6 Å². The molecular formula is C15H26ClN3O. The zero-order valence-electron chi connectivity index (χ0n) is 12.9. The van der Waals surface area contributed by atoms with E-state index in [0.29, 0.717) is 18.1 Å². The summed E-state index contributed by atoms with van der Waals surface area (Å²) >= 11 is 6.50. The lowest BCUT2D eigenvalue weighted by atomic mass is 9.93. The highest BCUT2D eigenvalue weighted by molar-refractivity contribution is 6.31. The molecule has 3 unspecified atom stereocenters. The van der Waals surface area contributed by atoms with E-state index in [9.17, 15) is 0 Å². The van der Waals surface area contributed by atoms with Crippen molar-refractivity contribution in [3.8, 4) is 0 Å². The summed E-state index contributed by atoms with van der Waals surface area (Å²) in [6.07, 6.45) is 3.28. The van der Waals surface area contributed by atoms with E-state index in [1.165, 1.54) is 0 Å². The van der Waals surface area contributed by atoms with Crippen LogP contribution in [0.4, 0.5) is 0 Å². The molecule has 2 rings (SSSR count). The van der Waals surface area contributed by atoms with Crippen LogP contribution >= 0.6 is 11.6 Å². The molecule has 4 nitrogen and oxygen atoms in total. The first-order valence-electron chi connectivity index (χ1n) is 7.63. The largest absolute Gasteiger partial charge is 0.378 e. The van der Waals surface area contributed by atoms with Gasteiger partial charge in [-0.05, 0) is 33.7 Å². The molecule has 1 fully saturated rings. The van der Waals surface area contributed by atoms with Gasteiger partial charge in [0.2, 0.25) is 0 Å². The van der Waals surface area contributed by atoms with Crippen molar-refractivity contribution in [1.82, 2.24) is 15.1 Å². The molecule has 20 heavy (non-hydrogen) atoms. The smallest absolute Gasteiger partial charge is 0.0850 e. The molecular weight excluding hydrogens is 274 g/mol. The number of halogens is 1. The van der Waals surface area contributed by atoms with Crippen LogP contribution in [0.15, 0.2) is 0 Å². The molecule has 114 valence electrons. The number of ether oxygens (including phenoxy) is 1. The third-order valence-corrected chi connectivity index (χ3v) is 4.71. The van der Waals surface area contributed by atoms with Crippen molar-refractivity contribution < 1.29 is 4.74 Å². The van der Waals surface area contributed by atoms with Gasteiger partial charge in [-0.15, -0.1) is 0 Å². The van der Waals surface area contributed by atoms with Gasteiger partial charge in [-0.25, -0.2) is 0 Å². The molecule has 1 aliphatic heterocycles. The molecule has 0 amide bonds. The summed E-state index contributed by atoms with van der Waals surface area (Å²) < 4.78 is 7.75. The van der Waals surface area contributed by atoms with Crippen LogP contribution in [-0.4, -0.2) is 35.6 Å². The Kier molecular flexibility index (Phi) is 5.47. The number of nitrogens with zero attached hydrogens (tertiary/aromatic N) is 2. The Labute approximate surface area is 126 Å². The Balaban J connectivity index is 2.16. The van der Waals surface area contributed by atoms with Crippen molar-refractivity contribution in [3.05, 3.63) is 16.4 Å². The molecule has 0 spiro atoms. The lowest BCUT2D eigenvalue weighted by Gasteiger charge is -2.22. The first kappa shape index (κ1) is 15.8. The van der Waals surface area contributed by atoms with Gasteiger partial charge in [0.15, 0.2) is 0 Å². The van der Waals surface area contributed by atoms with Crippen LogP contribution in [0.5, 0.6) is 0 Å². The van der Waals surface area contributed by atoms with Crippen LogP contribution in [0, 0.1) is 5.92 Å². The molecule has 0 bridgehead atoms. The maximum Gasteiger partial charge on any atom is 0.0850 e. The maximum absolute atomic E-state index is 6.50. The summed E-state index contributed by atoms with van der Waals surface area (Å²) in [7, 11) is 2.02. The number of rotatable bonds is 6. The van der Waals surface area contributed by atoms with E-state index in [2.05, 4.69) is 31.2 Å². The average molecular weight is 300 g/mol. The number of likely N-dealkylation sites (N-methyl/N-ethyl adjacent to an activating group) is 1. The molecule has 1 aliphatic rings. The monoisotopic (exact) mass is 299 g/mol. The zero-order valence-corrected chi connectivity index (χ0v) is 13.7. The predicted molar refractivity (Wildman–Crippen MR) is 82.4 cm³/mol. The molecule has 0 aromatic carbocycles. The number of hydrogen-bond acceptors (Lipinski definition) is 3. The Morgan fingerprint density at radius 1 is 1.50 bits per heavy atom. The third-order valence-electron chi connectivity index (χ3n) is 4.28. The minimum Gasteiger partial charge on any atom is -0.378 e. The van der Waals surface area contributed by atoms with Crippen LogP contribution in [0.2, 0.25) is 5.02 Å². The van der Waals surface area contributed by atoms with Crippen LogP contribution in [0.3, 0.4) is 0 Å². The van der Waals surface area contributed by atoms with Gasteiger partial charge in [-0.1, -0.05) is 18.5 Å². The van der Waals surface area contributed by atoms with Gasteiger partial charge in [0.1, 0.15) is 0 Å². The third kappa shape index (κ3) is 3.18. The summed E-state index contributed by atoms with van der Waals surface area (Å²) in [5, 5.41) is 8.89. The van der Waals surface area contributed by atoms with E-state index in [0.717, 1.165) is 48.8 Å². The molecule has 0 saturated carbocycles. The number of aryl methyl sites for hydroxylation is 2. The zero-order chi connectivity index (χ0) is 14.7. The Bertz CT molecular complexity index is 447. The van der Waals surface area contributed by atoms with E-state index in [1.54, 1.807) is 0 Å². The summed E-state index contributed by atoms with van der Waals surface area (Å²) in [4.78, 5) is 0. The molecule has 1 aromatic rings. The molecule has 1 aromatic heterocycles. The number of hydrogen-bond donors (Lipinski definition) is 1. The summed E-state index contributed by atoms with van der Waals surface area (Å²) in [5.74, 6) is 0.552. The fourth-order valence-corrected chi connectivity index (χ4v) is 3.40. The van der Waals surface area contributed by atoms with Gasteiger partial charge in [0.05, 0.1) is 29.1 Å². The normalized spacial score (nSPS) is 24.2. The van der Waals surface area contributed by atoms with E-state index in [4.69, 9.17) is 16.3 Å². The van der Waals surface area contributed by atoms with Crippen LogP contribution in [0.25, 0.3) is 0 Å². The van der Waals surface area contributed by atoms with Gasteiger partial charge >= 0.3 is 0 Å². The average Bonchev–Trinajstić information content (AvgIpc) is 3.00. The van der Waals surface area contributed by atoms with E-state index < -0.39 is 0 Å². The second kappa shape index (κ2) is 6.92. The van der Waals surface area contributed by atoms with E-state index in [1.807, 2.05) is 11.7 Å². The van der Waals surface area contributed by atoms with Crippen molar-refractivity contribution in [2.24, 2.45) is 5.92 Å². The van der Waals surface area contributed by atoms with Crippen molar-refractivity contribution in [1.29, 1.82) is 0 Å². The van der Waals surface area contributed by atoms with E-state index in [-0.39, 0.29) is 0 Å². The van der Waals surface area contributed by atoms with Gasteiger partial charge in [-0.3, -0.25) is 4.68 Å². The topological polar surface area (TPSA) is 39.1 Å². The van der Waals surface area contributed by atoms with Crippen molar-refractivity contribution in [3.63, 3.8) is 0 Å². The number of nitrogens with one attached hydrogen (secondary N) is 1. The molecule has 0 aliphatic carbocycles. The summed E-state index contributed by atoms with van der Waals surface area (Å²) in [6.45, 7) is 8.06. The lowest BCUT2D eigenvalue weighted by molar-refractivity contribution is 0.117. The molecule has 1 N–H and O–H groups in total. The summed E-state index contributed by atoms with van der Waals surface area (Å²) in [6, 6.07) is 0.393. The van der Waals surface area contributed by atoms with Gasteiger partial charge in [-0.2, -0.15) is 5.10 Å². The molecule has 5 heteroatoms. The molecule has 1 saturated heterocycles. The van der Waals surface area contributed by atoms with Gasteiger partial charge in [0, 0.05) is 24.9 Å². The van der Waals surface area contributed by atoms with Crippen LogP contribution in [-0.2, 0) is 24.1 Å². The van der Waals surface area contributed by atoms with Crippen molar-refractivity contribution in [2.45, 2.75) is 58.7 Å². The molecule has 2 heterocycles. The fraction of sp³-hybridized carbons (Fsp3) is 0.800. The Morgan fingerprint density at radius 2 is 2.25 bits per heavy atom. The summed E-state index contributed by atoms with van der Waals surface area (Å²) in [5.41, 5.74) is 2.17. The second-order valence-corrected chi connectivity index (χ2v) is 5.99. The minimum absolute atomic E-state index is 0.369. The van der Waals surface area contributed by atoms with E-state index >= 15 is 0 Å².